The predicted octanol–water partition coefficient (Wildman–Crippen LogP) is 2.74. The van der Waals surface area contributed by atoms with Crippen LogP contribution < -0.4 is 0 Å². The van der Waals surface area contributed by atoms with Gasteiger partial charge >= 0.3 is 0 Å². The number of hydrogen-bond acceptors (Lipinski definition) is 2. The average molecular weight is 288 g/mol. The third-order valence-corrected chi connectivity index (χ3v) is 4.36. The summed E-state index contributed by atoms with van der Waals surface area (Å²) in [5.74, 6) is 0.203. The first-order chi connectivity index (χ1) is 10.3. The molecule has 0 spiro atoms. The van der Waals surface area contributed by atoms with Gasteiger partial charge in [0.25, 0.3) is 0 Å². The molecule has 0 bridgehead atoms. The van der Waals surface area contributed by atoms with Gasteiger partial charge in [-0.05, 0) is 44.7 Å². The first-order valence-electron chi connectivity index (χ1n) is 8.02. The average Bonchev–Trinajstić information content (AvgIpc) is 2.86. The third-order valence-electron chi connectivity index (χ3n) is 4.36. The molecule has 2 aliphatic rings. The molecule has 3 rings (SSSR count). The zero-order valence-corrected chi connectivity index (χ0v) is 12.8. The number of ether oxygens (including phenoxy) is 1. The molecule has 0 fully saturated rings. The smallest absolute Gasteiger partial charge is 0.249 e. The molecule has 0 radical (unpaired) electrons. The Balaban J connectivity index is 1.80. The van der Waals surface area contributed by atoms with E-state index < -0.39 is 0 Å². The van der Waals surface area contributed by atoms with Crippen LogP contribution in [0.1, 0.15) is 38.3 Å². The summed E-state index contributed by atoms with van der Waals surface area (Å²) in [6, 6.07) is 4.15. The fourth-order valence-electron chi connectivity index (χ4n) is 3.29. The summed E-state index contributed by atoms with van der Waals surface area (Å²) in [5, 5.41) is 0. The van der Waals surface area contributed by atoms with Crippen molar-refractivity contribution < 1.29 is 9.53 Å². The van der Waals surface area contributed by atoms with Gasteiger partial charge in [-0.1, -0.05) is 6.08 Å². The zero-order valence-electron chi connectivity index (χ0n) is 12.8. The van der Waals surface area contributed by atoms with E-state index in [4.69, 9.17) is 4.74 Å². The molecule has 1 amide bonds. The van der Waals surface area contributed by atoms with Crippen LogP contribution in [0.3, 0.4) is 0 Å². The summed E-state index contributed by atoms with van der Waals surface area (Å²) in [5.41, 5.74) is 2.19. The van der Waals surface area contributed by atoms with E-state index in [0.29, 0.717) is 19.7 Å². The molecular formula is C17H24N2O2. The second kappa shape index (κ2) is 6.48. The molecule has 1 aliphatic heterocycles. The molecule has 1 unspecified atom stereocenters. The van der Waals surface area contributed by atoms with Gasteiger partial charge in [0, 0.05) is 30.6 Å². The SMILES string of the molecule is CCOC1CN(C(=O)C2=CCCCC2)Cc2cccn2C1. The van der Waals surface area contributed by atoms with Crippen molar-refractivity contribution in [3.63, 3.8) is 0 Å². The van der Waals surface area contributed by atoms with Crippen LogP contribution in [0.5, 0.6) is 0 Å². The fourth-order valence-corrected chi connectivity index (χ4v) is 3.29. The number of carbonyl (C=O) groups is 1. The van der Waals surface area contributed by atoms with Crippen LogP contribution in [0.2, 0.25) is 0 Å². The molecule has 114 valence electrons. The number of hydrogen-bond donors (Lipinski definition) is 0. The van der Waals surface area contributed by atoms with Crippen molar-refractivity contribution >= 4 is 5.91 Å². The highest BCUT2D eigenvalue weighted by Gasteiger charge is 2.27. The van der Waals surface area contributed by atoms with Crippen LogP contribution in [-0.4, -0.2) is 34.6 Å². The molecule has 1 aliphatic carbocycles. The summed E-state index contributed by atoms with van der Waals surface area (Å²) in [6.45, 7) is 4.90. The van der Waals surface area contributed by atoms with E-state index in [1.165, 1.54) is 12.1 Å². The molecule has 4 nitrogen and oxygen atoms in total. The number of aromatic nitrogens is 1. The number of nitrogens with zero attached hydrogens (tertiary/aromatic N) is 2. The summed E-state index contributed by atoms with van der Waals surface area (Å²) in [7, 11) is 0. The molecule has 1 aromatic heterocycles. The molecule has 0 saturated carbocycles. The minimum atomic E-state index is 0.0804. The molecule has 4 heteroatoms. The summed E-state index contributed by atoms with van der Waals surface area (Å²) in [4.78, 5) is 14.7. The van der Waals surface area contributed by atoms with Crippen molar-refractivity contribution in [2.24, 2.45) is 0 Å². The van der Waals surface area contributed by atoms with Gasteiger partial charge in [-0.25, -0.2) is 0 Å². The van der Waals surface area contributed by atoms with Gasteiger partial charge in [0.05, 0.1) is 19.2 Å². The number of fused-ring (bicyclic) bond motifs is 1. The minimum absolute atomic E-state index is 0.0804. The number of carbonyl (C=O) groups excluding carboxylic acids is 1. The van der Waals surface area contributed by atoms with Gasteiger partial charge in [-0.2, -0.15) is 0 Å². The van der Waals surface area contributed by atoms with E-state index in [9.17, 15) is 4.79 Å². The maximum absolute atomic E-state index is 12.8. The topological polar surface area (TPSA) is 34.5 Å². The second-order valence-electron chi connectivity index (χ2n) is 5.89. The van der Waals surface area contributed by atoms with Crippen molar-refractivity contribution in [1.82, 2.24) is 9.47 Å². The fraction of sp³-hybridized carbons (Fsp3) is 0.588. The molecule has 21 heavy (non-hydrogen) atoms. The summed E-state index contributed by atoms with van der Waals surface area (Å²) >= 11 is 0. The lowest BCUT2D eigenvalue weighted by atomic mass is 9.98. The highest BCUT2D eigenvalue weighted by molar-refractivity contribution is 5.93. The number of allylic oxidation sites excluding steroid dienone is 1. The summed E-state index contributed by atoms with van der Waals surface area (Å²) in [6.07, 6.45) is 8.60. The highest BCUT2D eigenvalue weighted by Crippen LogP contribution is 2.22. The van der Waals surface area contributed by atoms with Gasteiger partial charge in [-0.15, -0.1) is 0 Å². The monoisotopic (exact) mass is 288 g/mol. The lowest BCUT2D eigenvalue weighted by Crippen LogP contribution is -2.38. The first kappa shape index (κ1) is 14.4. The molecule has 0 N–H and O–H groups in total. The Bertz CT molecular complexity index is 533. The first-order valence-corrected chi connectivity index (χ1v) is 8.02. The van der Waals surface area contributed by atoms with Crippen molar-refractivity contribution in [1.29, 1.82) is 0 Å². The Kier molecular flexibility index (Phi) is 4.44. The maximum Gasteiger partial charge on any atom is 0.249 e. The van der Waals surface area contributed by atoms with Crippen molar-refractivity contribution in [3.8, 4) is 0 Å². The van der Waals surface area contributed by atoms with Crippen molar-refractivity contribution in [2.45, 2.75) is 51.8 Å². The Hall–Kier alpha value is -1.55. The molecular weight excluding hydrogens is 264 g/mol. The molecule has 0 saturated heterocycles. The quantitative estimate of drug-likeness (QED) is 0.857. The number of rotatable bonds is 3. The van der Waals surface area contributed by atoms with E-state index in [1.54, 1.807) is 0 Å². The van der Waals surface area contributed by atoms with Crippen LogP contribution in [-0.2, 0) is 22.6 Å². The Labute approximate surface area is 126 Å². The normalized spacial score (nSPS) is 22.4. The lowest BCUT2D eigenvalue weighted by molar-refractivity contribution is -0.129. The molecule has 1 aromatic rings. The van der Waals surface area contributed by atoms with Gasteiger partial charge in [0.2, 0.25) is 5.91 Å². The van der Waals surface area contributed by atoms with E-state index in [2.05, 4.69) is 22.9 Å². The van der Waals surface area contributed by atoms with Crippen molar-refractivity contribution in [2.75, 3.05) is 13.2 Å². The Morgan fingerprint density at radius 3 is 3.05 bits per heavy atom. The van der Waals surface area contributed by atoms with Crippen LogP contribution in [0.4, 0.5) is 0 Å². The van der Waals surface area contributed by atoms with E-state index >= 15 is 0 Å². The van der Waals surface area contributed by atoms with Crippen molar-refractivity contribution in [3.05, 3.63) is 35.7 Å². The molecule has 2 heterocycles. The minimum Gasteiger partial charge on any atom is -0.375 e. The van der Waals surface area contributed by atoms with Gasteiger partial charge in [-0.3, -0.25) is 4.79 Å². The second-order valence-corrected chi connectivity index (χ2v) is 5.89. The van der Waals surface area contributed by atoms with Gasteiger partial charge in [0.15, 0.2) is 0 Å². The standard InChI is InChI=1S/C17H24N2O2/c1-2-21-16-12-18-10-6-9-15(18)11-19(13-16)17(20)14-7-4-3-5-8-14/h6-7,9-10,16H,2-5,8,11-13H2,1H3. The Morgan fingerprint density at radius 2 is 2.29 bits per heavy atom. The van der Waals surface area contributed by atoms with E-state index in [-0.39, 0.29) is 12.0 Å². The van der Waals surface area contributed by atoms with Crippen LogP contribution in [0.25, 0.3) is 0 Å². The number of amides is 1. The zero-order chi connectivity index (χ0) is 14.7. The van der Waals surface area contributed by atoms with Gasteiger partial charge < -0.3 is 14.2 Å². The molecule has 0 aromatic carbocycles. The van der Waals surface area contributed by atoms with Crippen LogP contribution in [0, 0.1) is 0 Å². The van der Waals surface area contributed by atoms with Crippen LogP contribution >= 0.6 is 0 Å². The summed E-state index contributed by atoms with van der Waals surface area (Å²) < 4.78 is 8.03. The van der Waals surface area contributed by atoms with Gasteiger partial charge in [0.1, 0.15) is 0 Å². The molecule has 1 atom stereocenters. The third kappa shape index (κ3) is 3.21. The van der Waals surface area contributed by atoms with Crippen LogP contribution in [0.15, 0.2) is 30.0 Å². The largest absolute Gasteiger partial charge is 0.375 e. The lowest BCUT2D eigenvalue weighted by Gasteiger charge is -2.26. The van der Waals surface area contributed by atoms with E-state index in [0.717, 1.165) is 31.4 Å². The maximum atomic E-state index is 12.8. The Morgan fingerprint density at radius 1 is 1.38 bits per heavy atom. The van der Waals surface area contributed by atoms with E-state index in [1.807, 2.05) is 17.9 Å². The highest BCUT2D eigenvalue weighted by atomic mass is 16.5. The predicted molar refractivity (Wildman–Crippen MR) is 81.8 cm³/mol.